The molecule has 0 unspecified atom stereocenters. The highest BCUT2D eigenvalue weighted by atomic mass is 16.5. The molecule has 1 saturated heterocycles. The lowest BCUT2D eigenvalue weighted by atomic mass is 10.1. The van der Waals surface area contributed by atoms with E-state index in [-0.39, 0.29) is 17.9 Å². The Morgan fingerprint density at radius 1 is 1.13 bits per heavy atom. The third kappa shape index (κ3) is 6.16. The van der Waals surface area contributed by atoms with Crippen LogP contribution in [0.5, 0.6) is 11.5 Å². The van der Waals surface area contributed by atoms with E-state index in [2.05, 4.69) is 15.3 Å². The zero-order chi connectivity index (χ0) is 22.4. The van der Waals surface area contributed by atoms with Crippen molar-refractivity contribution in [1.82, 2.24) is 20.2 Å². The molecule has 0 spiro atoms. The molecule has 1 aromatic heterocycles. The van der Waals surface area contributed by atoms with Crippen LogP contribution in [-0.4, -0.2) is 59.5 Å². The predicted molar refractivity (Wildman–Crippen MR) is 116 cm³/mol. The molecule has 2 heterocycles. The Morgan fingerprint density at radius 3 is 2.42 bits per heavy atom. The summed E-state index contributed by atoms with van der Waals surface area (Å²) in [5.74, 6) is 1.65. The van der Waals surface area contributed by atoms with Crippen molar-refractivity contribution in [1.29, 1.82) is 0 Å². The van der Waals surface area contributed by atoms with E-state index >= 15 is 0 Å². The fraction of sp³-hybridized carbons (Fsp3) is 0.478. The van der Waals surface area contributed by atoms with Gasteiger partial charge in [0.1, 0.15) is 23.4 Å². The van der Waals surface area contributed by atoms with Crippen molar-refractivity contribution < 1.29 is 19.1 Å². The zero-order valence-electron chi connectivity index (χ0n) is 18.6. The van der Waals surface area contributed by atoms with Crippen molar-refractivity contribution in [2.24, 2.45) is 0 Å². The van der Waals surface area contributed by atoms with Crippen LogP contribution in [0, 0.1) is 13.8 Å². The molecule has 2 amide bonds. The molecule has 1 aliphatic rings. The second kappa shape index (κ2) is 10.2. The number of rotatable bonds is 7. The highest BCUT2D eigenvalue weighted by molar-refractivity contribution is 5.97. The molecular weight excluding hydrogens is 396 g/mol. The lowest BCUT2D eigenvalue weighted by molar-refractivity contribution is -0.130. The second-order valence-corrected chi connectivity index (χ2v) is 7.76. The van der Waals surface area contributed by atoms with E-state index in [0.29, 0.717) is 48.9 Å². The number of nitrogens with one attached hydrogen (secondary N) is 1. The lowest BCUT2D eigenvalue weighted by Gasteiger charge is -2.31. The van der Waals surface area contributed by atoms with Crippen molar-refractivity contribution in [2.45, 2.75) is 46.1 Å². The van der Waals surface area contributed by atoms with Crippen LogP contribution in [0.4, 0.5) is 0 Å². The number of carbonyl (C=O) groups excluding carboxylic acids is 2. The largest absolute Gasteiger partial charge is 0.497 e. The maximum atomic E-state index is 12.9. The van der Waals surface area contributed by atoms with Gasteiger partial charge >= 0.3 is 0 Å². The molecule has 1 fully saturated rings. The Bertz CT molecular complexity index is 919. The van der Waals surface area contributed by atoms with Crippen LogP contribution >= 0.6 is 0 Å². The summed E-state index contributed by atoms with van der Waals surface area (Å²) < 4.78 is 11.4. The molecule has 0 bridgehead atoms. The van der Waals surface area contributed by atoms with Crippen molar-refractivity contribution in [3.63, 3.8) is 0 Å². The summed E-state index contributed by atoms with van der Waals surface area (Å²) in [4.78, 5) is 35.1. The third-order valence-corrected chi connectivity index (χ3v) is 5.28. The molecule has 166 valence electrons. The average molecular weight is 427 g/mol. The lowest BCUT2D eigenvalue weighted by Crippen LogP contribution is -2.40. The maximum Gasteiger partial charge on any atom is 0.255 e. The first-order chi connectivity index (χ1) is 14.9. The zero-order valence-corrected chi connectivity index (χ0v) is 18.6. The molecule has 1 aromatic carbocycles. The molecule has 0 radical (unpaired) electrons. The van der Waals surface area contributed by atoms with Crippen LogP contribution in [0.15, 0.2) is 24.3 Å². The molecule has 0 atom stereocenters. The Morgan fingerprint density at radius 2 is 1.81 bits per heavy atom. The third-order valence-electron chi connectivity index (χ3n) is 5.28. The Labute approximate surface area is 183 Å². The van der Waals surface area contributed by atoms with Gasteiger partial charge in [-0.15, -0.1) is 0 Å². The number of carbonyl (C=O) groups is 2. The number of benzene rings is 1. The maximum absolute atomic E-state index is 12.9. The van der Waals surface area contributed by atoms with E-state index in [1.165, 1.54) is 0 Å². The van der Waals surface area contributed by atoms with Crippen LogP contribution in [0.3, 0.4) is 0 Å². The quantitative estimate of drug-likeness (QED) is 0.731. The number of ether oxygens (including phenoxy) is 2. The second-order valence-electron chi connectivity index (χ2n) is 7.76. The summed E-state index contributed by atoms with van der Waals surface area (Å²) >= 11 is 0. The standard InChI is InChI=1S/C23H30N4O4/c1-15-13-16(2)26-22(25-15)7-10-24-23(29)20-14-19(30-4)5-6-21(20)31-18-8-11-27(12-9-18)17(3)28/h5-6,13-14,18H,7-12H2,1-4H3,(H,24,29). The molecule has 8 nitrogen and oxygen atoms in total. The minimum atomic E-state index is -0.237. The van der Waals surface area contributed by atoms with Gasteiger partial charge in [0, 0.05) is 57.2 Å². The van der Waals surface area contributed by atoms with E-state index in [9.17, 15) is 9.59 Å². The van der Waals surface area contributed by atoms with Gasteiger partial charge in [-0.25, -0.2) is 9.97 Å². The molecule has 1 aliphatic heterocycles. The number of piperidine rings is 1. The van der Waals surface area contributed by atoms with Gasteiger partial charge in [0.05, 0.1) is 12.7 Å². The molecule has 2 aromatic rings. The minimum Gasteiger partial charge on any atom is -0.497 e. The summed E-state index contributed by atoms with van der Waals surface area (Å²) in [5.41, 5.74) is 2.25. The number of amides is 2. The van der Waals surface area contributed by atoms with Gasteiger partial charge in [-0.2, -0.15) is 0 Å². The first-order valence-electron chi connectivity index (χ1n) is 10.5. The number of hydrogen-bond donors (Lipinski definition) is 1. The molecule has 0 aliphatic carbocycles. The van der Waals surface area contributed by atoms with Crippen LogP contribution in [-0.2, 0) is 11.2 Å². The van der Waals surface area contributed by atoms with E-state index in [1.54, 1.807) is 32.2 Å². The van der Waals surface area contributed by atoms with Gasteiger partial charge in [0.2, 0.25) is 5.91 Å². The summed E-state index contributed by atoms with van der Waals surface area (Å²) in [5, 5.41) is 2.93. The number of likely N-dealkylation sites (tertiary alicyclic amines) is 1. The highest BCUT2D eigenvalue weighted by Gasteiger charge is 2.24. The van der Waals surface area contributed by atoms with Crippen molar-refractivity contribution in [3.05, 3.63) is 47.0 Å². The normalized spacial score (nSPS) is 14.3. The Kier molecular flexibility index (Phi) is 7.44. The van der Waals surface area contributed by atoms with Gasteiger partial charge in [0.25, 0.3) is 5.91 Å². The monoisotopic (exact) mass is 426 g/mol. The van der Waals surface area contributed by atoms with Crippen molar-refractivity contribution in [2.75, 3.05) is 26.7 Å². The molecular formula is C23H30N4O4. The number of nitrogens with zero attached hydrogens (tertiary/aromatic N) is 3. The van der Waals surface area contributed by atoms with Crippen LogP contribution < -0.4 is 14.8 Å². The molecule has 0 saturated carbocycles. The minimum absolute atomic E-state index is 0.0424. The molecule has 31 heavy (non-hydrogen) atoms. The smallest absolute Gasteiger partial charge is 0.255 e. The highest BCUT2D eigenvalue weighted by Crippen LogP contribution is 2.27. The fourth-order valence-corrected chi connectivity index (χ4v) is 3.68. The van der Waals surface area contributed by atoms with Crippen molar-refractivity contribution >= 4 is 11.8 Å². The topological polar surface area (TPSA) is 93.7 Å². The predicted octanol–water partition coefficient (Wildman–Crippen LogP) is 2.46. The molecule has 3 rings (SSSR count). The fourth-order valence-electron chi connectivity index (χ4n) is 3.68. The van der Waals surface area contributed by atoms with Gasteiger partial charge in [-0.3, -0.25) is 9.59 Å². The Hall–Kier alpha value is -3.16. The van der Waals surface area contributed by atoms with Crippen LogP contribution in [0.1, 0.15) is 47.3 Å². The first kappa shape index (κ1) is 22.5. The summed E-state index contributed by atoms with van der Waals surface area (Å²) in [6.07, 6.45) is 1.96. The summed E-state index contributed by atoms with van der Waals surface area (Å²) in [7, 11) is 1.56. The first-order valence-corrected chi connectivity index (χ1v) is 10.5. The van der Waals surface area contributed by atoms with Gasteiger partial charge in [-0.05, 0) is 38.1 Å². The van der Waals surface area contributed by atoms with E-state index < -0.39 is 0 Å². The number of methoxy groups -OCH3 is 1. The van der Waals surface area contributed by atoms with Gasteiger partial charge in [-0.1, -0.05) is 0 Å². The Balaban J connectivity index is 1.64. The van der Waals surface area contributed by atoms with E-state index in [0.717, 1.165) is 24.2 Å². The SMILES string of the molecule is COc1ccc(OC2CCN(C(C)=O)CC2)c(C(=O)NCCc2nc(C)cc(C)n2)c1. The van der Waals surface area contributed by atoms with Gasteiger partial charge in [0.15, 0.2) is 0 Å². The number of hydrogen-bond acceptors (Lipinski definition) is 6. The number of aryl methyl sites for hydroxylation is 2. The summed E-state index contributed by atoms with van der Waals surface area (Å²) in [6, 6.07) is 7.14. The van der Waals surface area contributed by atoms with E-state index in [4.69, 9.17) is 9.47 Å². The number of aromatic nitrogens is 2. The van der Waals surface area contributed by atoms with Crippen molar-refractivity contribution in [3.8, 4) is 11.5 Å². The van der Waals surface area contributed by atoms with Crippen LogP contribution in [0.2, 0.25) is 0 Å². The summed E-state index contributed by atoms with van der Waals surface area (Å²) in [6.45, 7) is 7.17. The molecule has 1 N–H and O–H groups in total. The molecule has 8 heteroatoms. The average Bonchev–Trinajstić information content (AvgIpc) is 2.73. The van der Waals surface area contributed by atoms with E-state index in [1.807, 2.05) is 24.8 Å². The van der Waals surface area contributed by atoms with Gasteiger partial charge < -0.3 is 19.7 Å². The van der Waals surface area contributed by atoms with Crippen LogP contribution in [0.25, 0.3) is 0 Å².